The minimum Gasteiger partial charge on any atom is -0.376 e. The molecule has 0 amide bonds. The lowest BCUT2D eigenvalue weighted by molar-refractivity contribution is -0.137. The Hall–Kier alpha value is -3.62. The number of aryl methyl sites for hydroxylation is 1. The van der Waals surface area contributed by atoms with Crippen LogP contribution in [0.15, 0.2) is 55.4 Å². The quantitative estimate of drug-likeness (QED) is 0.418. The summed E-state index contributed by atoms with van der Waals surface area (Å²) in [5.41, 5.74) is 1.90. The Morgan fingerprint density at radius 3 is 2.44 bits per heavy atom. The van der Waals surface area contributed by atoms with Gasteiger partial charge in [0, 0.05) is 69.1 Å². The van der Waals surface area contributed by atoms with Crippen molar-refractivity contribution in [3.05, 3.63) is 72.2 Å². The summed E-state index contributed by atoms with van der Waals surface area (Å²) >= 11 is 0. The number of hydrogen-bond acceptors (Lipinski definition) is 6. The van der Waals surface area contributed by atoms with Crippen LogP contribution in [0.5, 0.6) is 0 Å². The predicted octanol–water partition coefficient (Wildman–Crippen LogP) is 5.55. The normalized spacial score (nSPS) is 15.3. The summed E-state index contributed by atoms with van der Waals surface area (Å²) in [5, 5.41) is 10.9. The van der Waals surface area contributed by atoms with Crippen LogP contribution < -0.4 is 9.80 Å². The van der Waals surface area contributed by atoms with Crippen LogP contribution in [0.25, 0.3) is 16.5 Å². The van der Waals surface area contributed by atoms with Crippen LogP contribution in [0.1, 0.15) is 29.7 Å². The number of rotatable bonds is 6. The van der Waals surface area contributed by atoms with Gasteiger partial charge in [0.25, 0.3) is 0 Å². The molecule has 0 bridgehead atoms. The zero-order valence-electron chi connectivity index (χ0n) is 21.0. The number of halogens is 3. The predicted molar refractivity (Wildman–Crippen MR) is 139 cm³/mol. The monoisotopic (exact) mass is 496 g/mol. The van der Waals surface area contributed by atoms with E-state index in [2.05, 4.69) is 26.7 Å². The third-order valence-electron chi connectivity index (χ3n) is 6.71. The van der Waals surface area contributed by atoms with Crippen LogP contribution >= 0.6 is 0 Å². The number of allylic oxidation sites excluding steroid dienone is 2. The van der Waals surface area contributed by atoms with Gasteiger partial charge in [-0.25, -0.2) is 0 Å². The van der Waals surface area contributed by atoms with Gasteiger partial charge in [-0.2, -0.15) is 13.2 Å². The molecule has 1 saturated heterocycles. The number of benzene rings is 1. The fourth-order valence-corrected chi connectivity index (χ4v) is 4.81. The smallest absolute Gasteiger partial charge is 0.376 e. The number of aromatic nitrogens is 3. The van der Waals surface area contributed by atoms with Crippen LogP contribution in [0, 0.1) is 6.92 Å². The lowest BCUT2D eigenvalue weighted by Gasteiger charge is -2.39. The molecule has 6 nitrogen and oxygen atoms in total. The Kier molecular flexibility index (Phi) is 7.19. The molecule has 36 heavy (non-hydrogen) atoms. The number of alkyl halides is 3. The summed E-state index contributed by atoms with van der Waals surface area (Å²) in [4.78, 5) is 10.2. The molecule has 2 aromatic heterocycles. The molecule has 1 aromatic carbocycles. The minimum absolute atomic E-state index is 0.113. The molecule has 3 aromatic rings. The van der Waals surface area contributed by atoms with Crippen molar-refractivity contribution in [3.8, 4) is 0 Å². The van der Waals surface area contributed by atoms with Crippen LogP contribution in [-0.4, -0.2) is 60.4 Å². The topological polar surface area (TPSA) is 48.4 Å². The van der Waals surface area contributed by atoms with E-state index in [4.69, 9.17) is 0 Å². The molecule has 3 heterocycles. The fraction of sp³-hybridized carbons (Fsp3) is 0.370. The molecule has 0 N–H and O–H groups in total. The highest BCUT2D eigenvalue weighted by atomic mass is 19.4. The summed E-state index contributed by atoms with van der Waals surface area (Å²) in [6.45, 7) is 6.54. The first-order chi connectivity index (χ1) is 17.1. The number of fused-ring (bicyclic) bond motifs is 1. The van der Waals surface area contributed by atoms with E-state index in [0.717, 1.165) is 22.2 Å². The molecule has 190 valence electrons. The number of pyridine rings is 1. The average Bonchev–Trinajstić information content (AvgIpc) is 2.86. The van der Waals surface area contributed by atoms with Crippen molar-refractivity contribution in [1.82, 2.24) is 20.1 Å². The Bertz CT molecular complexity index is 1280. The zero-order valence-corrected chi connectivity index (χ0v) is 21.0. The molecule has 0 unspecified atom stereocenters. The highest BCUT2D eigenvalue weighted by Crippen LogP contribution is 2.39. The first-order valence-electron chi connectivity index (χ1n) is 11.9. The van der Waals surface area contributed by atoms with E-state index < -0.39 is 11.7 Å². The number of anilines is 2. The van der Waals surface area contributed by atoms with E-state index in [1.807, 2.05) is 43.1 Å². The van der Waals surface area contributed by atoms with Gasteiger partial charge in [-0.1, -0.05) is 24.3 Å². The average molecular weight is 497 g/mol. The molecule has 1 fully saturated rings. The molecule has 1 aliphatic rings. The highest BCUT2D eigenvalue weighted by Gasteiger charge is 2.36. The SMILES string of the molecule is C=C/C=C(/c1nnc(N(C)C2CCN(c3ccc(C)cc3C(F)(F)F)CC2)c2cnccc12)N(C)C. The lowest BCUT2D eigenvalue weighted by atomic mass is 10.00. The van der Waals surface area contributed by atoms with Gasteiger partial charge < -0.3 is 14.7 Å². The number of nitrogens with zero attached hydrogens (tertiary/aromatic N) is 6. The fourth-order valence-electron chi connectivity index (χ4n) is 4.81. The van der Waals surface area contributed by atoms with Gasteiger partial charge in [0.15, 0.2) is 5.82 Å². The van der Waals surface area contributed by atoms with Gasteiger partial charge in [-0.3, -0.25) is 4.98 Å². The Morgan fingerprint density at radius 2 is 1.81 bits per heavy atom. The standard InChI is InChI=1S/C27H31F3N6/c1-6-7-24(34(3)4)25-20-10-13-31-17-21(20)26(33-32-25)35(5)19-11-14-36(15-12-19)23-9-8-18(2)16-22(23)27(28,29)30/h6-10,13,16-17,19H,1,11-12,14-15H2,2-5H3/b24-7-. The van der Waals surface area contributed by atoms with Gasteiger partial charge in [-0.15, -0.1) is 10.2 Å². The second kappa shape index (κ2) is 10.2. The zero-order chi connectivity index (χ0) is 26.0. The molecule has 0 atom stereocenters. The van der Waals surface area contributed by atoms with E-state index in [-0.39, 0.29) is 11.7 Å². The maximum absolute atomic E-state index is 13.7. The summed E-state index contributed by atoms with van der Waals surface area (Å²) in [5.74, 6) is 0.711. The Morgan fingerprint density at radius 1 is 1.08 bits per heavy atom. The van der Waals surface area contributed by atoms with Crippen molar-refractivity contribution in [3.63, 3.8) is 0 Å². The first kappa shape index (κ1) is 25.5. The Labute approximate surface area is 209 Å². The van der Waals surface area contributed by atoms with Gasteiger partial charge in [0.1, 0.15) is 5.69 Å². The van der Waals surface area contributed by atoms with Crippen molar-refractivity contribution >= 4 is 28.0 Å². The van der Waals surface area contributed by atoms with Crippen molar-refractivity contribution < 1.29 is 13.2 Å². The molecular formula is C27H31F3N6. The number of hydrogen-bond donors (Lipinski definition) is 0. The first-order valence-corrected chi connectivity index (χ1v) is 11.9. The molecule has 0 radical (unpaired) electrons. The van der Waals surface area contributed by atoms with Gasteiger partial charge >= 0.3 is 6.18 Å². The van der Waals surface area contributed by atoms with Crippen LogP contribution in [0.2, 0.25) is 0 Å². The summed E-state index contributed by atoms with van der Waals surface area (Å²) in [6, 6.07) is 6.59. The largest absolute Gasteiger partial charge is 0.418 e. The summed E-state index contributed by atoms with van der Waals surface area (Å²) in [6.07, 6.45) is 4.15. The second-order valence-electron chi connectivity index (χ2n) is 9.32. The van der Waals surface area contributed by atoms with Crippen LogP contribution in [0.3, 0.4) is 0 Å². The van der Waals surface area contributed by atoms with Crippen LogP contribution in [0.4, 0.5) is 24.7 Å². The summed E-state index contributed by atoms with van der Waals surface area (Å²) < 4.78 is 41.0. The van der Waals surface area contributed by atoms with Crippen molar-refractivity contribution in [2.24, 2.45) is 0 Å². The minimum atomic E-state index is -4.39. The third kappa shape index (κ3) is 5.01. The van der Waals surface area contributed by atoms with E-state index in [1.165, 1.54) is 6.07 Å². The lowest BCUT2D eigenvalue weighted by Crippen LogP contribution is -2.44. The third-order valence-corrected chi connectivity index (χ3v) is 6.71. The van der Waals surface area contributed by atoms with Gasteiger partial charge in [0.2, 0.25) is 0 Å². The van der Waals surface area contributed by atoms with Gasteiger partial charge in [0.05, 0.1) is 11.3 Å². The highest BCUT2D eigenvalue weighted by molar-refractivity contribution is 5.97. The van der Waals surface area contributed by atoms with Crippen molar-refractivity contribution in [2.45, 2.75) is 32.0 Å². The van der Waals surface area contributed by atoms with Crippen molar-refractivity contribution in [2.75, 3.05) is 44.0 Å². The maximum Gasteiger partial charge on any atom is 0.418 e. The Balaban J connectivity index is 1.60. The molecule has 0 spiro atoms. The van der Waals surface area contributed by atoms with Gasteiger partial charge in [-0.05, 0) is 44.0 Å². The summed E-state index contributed by atoms with van der Waals surface area (Å²) in [7, 11) is 5.85. The van der Waals surface area contributed by atoms with Crippen molar-refractivity contribution in [1.29, 1.82) is 0 Å². The van der Waals surface area contributed by atoms with E-state index in [0.29, 0.717) is 37.3 Å². The molecule has 0 saturated carbocycles. The van der Waals surface area contributed by atoms with Crippen LogP contribution in [-0.2, 0) is 6.18 Å². The van der Waals surface area contributed by atoms with E-state index in [1.54, 1.807) is 37.5 Å². The maximum atomic E-state index is 13.7. The molecular weight excluding hydrogens is 465 g/mol. The van der Waals surface area contributed by atoms with E-state index >= 15 is 0 Å². The molecule has 9 heteroatoms. The van der Waals surface area contributed by atoms with E-state index in [9.17, 15) is 13.2 Å². The second-order valence-corrected chi connectivity index (χ2v) is 9.32. The molecule has 0 aliphatic carbocycles. The molecule has 4 rings (SSSR count). The number of piperidine rings is 1. The molecule has 1 aliphatic heterocycles.